The van der Waals surface area contributed by atoms with Crippen LogP contribution in [0.2, 0.25) is 0 Å². The van der Waals surface area contributed by atoms with Crippen molar-refractivity contribution in [3.63, 3.8) is 0 Å². The fraction of sp³-hybridized carbons (Fsp3) is 0. The van der Waals surface area contributed by atoms with Gasteiger partial charge in [-0.15, -0.1) is 0 Å². The van der Waals surface area contributed by atoms with Gasteiger partial charge in [0.25, 0.3) is 11.4 Å². The lowest BCUT2D eigenvalue weighted by Crippen LogP contribution is -2.30. The zero-order valence-corrected chi connectivity index (χ0v) is 21.1. The van der Waals surface area contributed by atoms with E-state index < -0.39 is 0 Å². The molecule has 0 radical (unpaired) electrons. The Balaban J connectivity index is 1.57. The third-order valence-corrected chi connectivity index (χ3v) is 6.69. The van der Waals surface area contributed by atoms with Gasteiger partial charge in [0.05, 0.1) is 20.9 Å². The monoisotopic (exact) mass is 526 g/mol. The van der Waals surface area contributed by atoms with Crippen LogP contribution in [0.4, 0.5) is 0 Å². The van der Waals surface area contributed by atoms with Crippen molar-refractivity contribution in [2.75, 3.05) is 0 Å². The minimum absolute atomic E-state index is 0.0302. The summed E-state index contributed by atoms with van der Waals surface area (Å²) in [7, 11) is 0. The van der Waals surface area contributed by atoms with Gasteiger partial charge >= 0.3 is 0 Å². The van der Waals surface area contributed by atoms with E-state index >= 15 is 0 Å². The predicted octanol–water partition coefficient (Wildman–Crippen LogP) is 6.70. The lowest BCUT2D eigenvalue weighted by Gasteiger charge is -2.44. The normalized spacial score (nSPS) is 22.4. The highest BCUT2D eigenvalue weighted by atomic mass is 16.5. The SMILES string of the molecule is O=[N+]1C=CC=CC1=C1C=C(c2ccccc2)C=C(C2=CC(c3ccccc3)=CC(=C3C=CC=C[N+]3=O)N2[O-])N1[O-]. The van der Waals surface area contributed by atoms with Crippen molar-refractivity contribution < 1.29 is 9.52 Å². The summed E-state index contributed by atoms with van der Waals surface area (Å²) in [6.07, 6.45) is 18.7. The molecule has 8 nitrogen and oxygen atoms in total. The highest BCUT2D eigenvalue weighted by molar-refractivity contribution is 5.83. The standard InChI is InChI=1S/C32H22N4O4/c37-33-17-9-7-15-27(33)29-19-25(23-11-3-1-4-12-23)21-31(35(29)39)32-22-26(24-13-5-2-6-14-24)20-30(36(32)40)28-16-8-10-18-34(28)38/h1-22H. The van der Waals surface area contributed by atoms with Crippen LogP contribution >= 0.6 is 0 Å². The lowest BCUT2D eigenvalue weighted by atomic mass is 9.95. The number of hydroxylamine groups is 4. The van der Waals surface area contributed by atoms with Crippen molar-refractivity contribution in [1.82, 2.24) is 10.1 Å². The molecule has 0 saturated heterocycles. The summed E-state index contributed by atoms with van der Waals surface area (Å²) in [4.78, 5) is 25.4. The molecule has 8 heteroatoms. The van der Waals surface area contributed by atoms with Crippen LogP contribution in [0.15, 0.2) is 168 Å². The maximum atomic E-state index is 14.0. The molecule has 4 heterocycles. The summed E-state index contributed by atoms with van der Waals surface area (Å²) in [5.74, 6) is 0. The number of benzene rings is 2. The molecule has 0 spiro atoms. The summed E-state index contributed by atoms with van der Waals surface area (Å²) in [5, 5.41) is 29.1. The van der Waals surface area contributed by atoms with Gasteiger partial charge in [0, 0.05) is 34.1 Å². The van der Waals surface area contributed by atoms with Gasteiger partial charge in [-0.2, -0.15) is 0 Å². The highest BCUT2D eigenvalue weighted by Crippen LogP contribution is 2.40. The summed E-state index contributed by atoms with van der Waals surface area (Å²) >= 11 is 0. The first-order valence-electron chi connectivity index (χ1n) is 12.5. The minimum atomic E-state index is 0.0302. The van der Waals surface area contributed by atoms with E-state index in [-0.39, 0.29) is 34.2 Å². The molecule has 0 aliphatic carbocycles. The molecule has 0 N–H and O–H groups in total. The van der Waals surface area contributed by atoms with Crippen LogP contribution in [-0.4, -0.2) is 19.6 Å². The van der Waals surface area contributed by atoms with Crippen LogP contribution in [0, 0.1) is 20.2 Å². The second-order valence-corrected chi connectivity index (χ2v) is 9.17. The van der Waals surface area contributed by atoms with Crippen LogP contribution in [0.25, 0.3) is 11.1 Å². The van der Waals surface area contributed by atoms with E-state index in [0.29, 0.717) is 30.8 Å². The Morgan fingerprint density at radius 1 is 0.525 bits per heavy atom. The molecule has 0 atom stereocenters. The number of hydrogen-bond acceptors (Lipinski definition) is 6. The Morgan fingerprint density at radius 3 is 1.30 bits per heavy atom. The smallest absolute Gasteiger partial charge is 0.285 e. The molecule has 6 rings (SSSR count). The van der Waals surface area contributed by atoms with Crippen LogP contribution < -0.4 is 0 Å². The maximum absolute atomic E-state index is 14.0. The van der Waals surface area contributed by atoms with Crippen LogP contribution in [0.3, 0.4) is 0 Å². The number of nitrogens with zero attached hydrogens (tertiary/aromatic N) is 4. The molecule has 2 aromatic carbocycles. The molecule has 0 bridgehead atoms. The first-order chi connectivity index (χ1) is 19.5. The third kappa shape index (κ3) is 4.54. The van der Waals surface area contributed by atoms with E-state index in [4.69, 9.17) is 0 Å². The van der Waals surface area contributed by atoms with E-state index in [2.05, 4.69) is 0 Å². The fourth-order valence-electron chi connectivity index (χ4n) is 4.73. The van der Waals surface area contributed by atoms with Crippen LogP contribution in [0.1, 0.15) is 11.1 Å². The molecule has 40 heavy (non-hydrogen) atoms. The van der Waals surface area contributed by atoms with E-state index in [1.165, 1.54) is 12.4 Å². The van der Waals surface area contributed by atoms with Gasteiger partial charge in [-0.1, -0.05) is 60.7 Å². The molecule has 194 valence electrons. The largest absolute Gasteiger partial charge is 0.754 e. The van der Waals surface area contributed by atoms with E-state index in [1.54, 1.807) is 60.8 Å². The Labute approximate surface area is 230 Å². The highest BCUT2D eigenvalue weighted by Gasteiger charge is 2.30. The first-order valence-corrected chi connectivity index (χ1v) is 12.5. The van der Waals surface area contributed by atoms with Gasteiger partial charge < -0.3 is 20.5 Å². The second-order valence-electron chi connectivity index (χ2n) is 9.17. The first kappa shape index (κ1) is 24.9. The van der Waals surface area contributed by atoms with Crippen LogP contribution in [0.5, 0.6) is 0 Å². The average molecular weight is 527 g/mol. The molecule has 4 aliphatic heterocycles. The van der Waals surface area contributed by atoms with Crippen molar-refractivity contribution in [3.8, 4) is 0 Å². The van der Waals surface area contributed by atoms with E-state index in [1.807, 2.05) is 60.7 Å². The molecule has 0 amide bonds. The molecule has 0 saturated carbocycles. The Bertz CT molecular complexity index is 1600. The van der Waals surface area contributed by atoms with Crippen LogP contribution in [-0.2, 0) is 0 Å². The van der Waals surface area contributed by atoms with Crippen molar-refractivity contribution in [1.29, 1.82) is 0 Å². The number of nitroso groups, excluding NO2 is 2. The maximum Gasteiger partial charge on any atom is 0.285 e. The van der Waals surface area contributed by atoms with Gasteiger partial charge in [0.2, 0.25) is 12.4 Å². The van der Waals surface area contributed by atoms with Crippen molar-refractivity contribution in [2.24, 2.45) is 0 Å². The van der Waals surface area contributed by atoms with Crippen molar-refractivity contribution >= 4 is 11.1 Å². The Hall–Kier alpha value is -5.44. The number of hydrogen-bond donors (Lipinski definition) is 0. The zero-order valence-electron chi connectivity index (χ0n) is 21.1. The Kier molecular flexibility index (Phi) is 6.45. The molecule has 0 aromatic heterocycles. The molecule has 0 fully saturated rings. The zero-order chi connectivity index (χ0) is 27.6. The van der Waals surface area contributed by atoms with Gasteiger partial charge in [0.1, 0.15) is 11.4 Å². The van der Waals surface area contributed by atoms with E-state index in [9.17, 15) is 20.2 Å². The van der Waals surface area contributed by atoms with Crippen molar-refractivity contribution in [3.05, 3.63) is 199 Å². The number of rotatable bonds is 3. The predicted molar refractivity (Wildman–Crippen MR) is 153 cm³/mol. The van der Waals surface area contributed by atoms with Gasteiger partial charge in [-0.05, 0) is 58.7 Å². The summed E-state index contributed by atoms with van der Waals surface area (Å²) in [6, 6.07) is 18.8. The average Bonchev–Trinajstić information content (AvgIpc) is 2.99. The van der Waals surface area contributed by atoms with Crippen molar-refractivity contribution in [2.45, 2.75) is 0 Å². The molecular weight excluding hydrogens is 504 g/mol. The molecule has 2 aromatic rings. The lowest BCUT2D eigenvalue weighted by molar-refractivity contribution is -0.421. The summed E-state index contributed by atoms with van der Waals surface area (Å²) in [5.41, 5.74) is 3.38. The minimum Gasteiger partial charge on any atom is -0.754 e. The van der Waals surface area contributed by atoms with Gasteiger partial charge in [-0.3, -0.25) is 0 Å². The molecular formula is C32H22N4O4. The summed E-state index contributed by atoms with van der Waals surface area (Å²) in [6.45, 7) is 0. The quantitative estimate of drug-likeness (QED) is 0.414. The number of allylic oxidation sites excluding steroid dienone is 12. The second kappa shape index (κ2) is 10.4. The molecule has 0 unspecified atom stereocenters. The third-order valence-electron chi connectivity index (χ3n) is 6.69. The van der Waals surface area contributed by atoms with Gasteiger partial charge in [-0.25, -0.2) is 0 Å². The summed E-state index contributed by atoms with van der Waals surface area (Å²) < 4.78 is 1.23. The topological polar surface area (TPSA) is 92.8 Å². The van der Waals surface area contributed by atoms with E-state index in [0.717, 1.165) is 11.1 Å². The van der Waals surface area contributed by atoms with Gasteiger partial charge in [0.15, 0.2) is 0 Å². The Morgan fingerprint density at radius 2 is 0.925 bits per heavy atom. The fourth-order valence-corrected chi connectivity index (χ4v) is 4.73. The molecule has 4 aliphatic rings.